The van der Waals surface area contributed by atoms with E-state index in [1.165, 1.54) is 0 Å². The second kappa shape index (κ2) is 5.76. The second-order valence-electron chi connectivity index (χ2n) is 5.37. The number of benzene rings is 1. The van der Waals surface area contributed by atoms with Crippen molar-refractivity contribution in [3.8, 4) is 0 Å². The Labute approximate surface area is 127 Å². The van der Waals surface area contributed by atoms with E-state index in [1.54, 1.807) is 4.90 Å². The zero-order valence-corrected chi connectivity index (χ0v) is 12.2. The van der Waals surface area contributed by atoms with Gasteiger partial charge in [-0.25, -0.2) is 4.79 Å². The van der Waals surface area contributed by atoms with Crippen LogP contribution in [0.25, 0.3) is 0 Å². The summed E-state index contributed by atoms with van der Waals surface area (Å²) in [6.07, 6.45) is -1.12. The summed E-state index contributed by atoms with van der Waals surface area (Å²) >= 11 is 0. The number of hydrogen-bond acceptors (Lipinski definition) is 4. The highest BCUT2D eigenvalue weighted by molar-refractivity contribution is 6.07. The Morgan fingerprint density at radius 3 is 2.73 bits per heavy atom. The molecule has 0 saturated carbocycles. The third-order valence-electron chi connectivity index (χ3n) is 3.86. The van der Waals surface area contributed by atoms with Gasteiger partial charge in [0.2, 0.25) is 5.91 Å². The Balaban J connectivity index is 1.94. The standard InChI is InChI=1S/C15H17N3O4/c1-10-2-4-11(5-3-10)14-12(8-18(16-14)15(20)21)17-6-7-22-9-13(17)19/h2-5,12H,6-9H2,1H3,(H,20,21). The van der Waals surface area contributed by atoms with Gasteiger partial charge >= 0.3 is 6.09 Å². The first-order valence-corrected chi connectivity index (χ1v) is 7.09. The summed E-state index contributed by atoms with van der Waals surface area (Å²) in [7, 11) is 0. The Morgan fingerprint density at radius 1 is 1.36 bits per heavy atom. The fourth-order valence-corrected chi connectivity index (χ4v) is 2.69. The molecular weight excluding hydrogens is 286 g/mol. The highest BCUT2D eigenvalue weighted by Gasteiger charge is 2.38. The highest BCUT2D eigenvalue weighted by Crippen LogP contribution is 2.21. The first-order valence-electron chi connectivity index (χ1n) is 7.09. The van der Waals surface area contributed by atoms with Gasteiger partial charge in [0, 0.05) is 6.54 Å². The van der Waals surface area contributed by atoms with Crippen LogP contribution in [0.2, 0.25) is 0 Å². The van der Waals surface area contributed by atoms with Crippen molar-refractivity contribution < 1.29 is 19.4 Å². The van der Waals surface area contributed by atoms with E-state index in [9.17, 15) is 14.7 Å². The number of carbonyl (C=O) groups excluding carboxylic acids is 1. The number of carboxylic acid groups (broad SMARTS) is 1. The Kier molecular flexibility index (Phi) is 3.81. The molecule has 2 aliphatic heterocycles. The number of aryl methyl sites for hydroxylation is 1. The van der Waals surface area contributed by atoms with Crippen LogP contribution in [0.15, 0.2) is 29.4 Å². The van der Waals surface area contributed by atoms with E-state index in [-0.39, 0.29) is 25.1 Å². The summed E-state index contributed by atoms with van der Waals surface area (Å²) < 4.78 is 5.14. The largest absolute Gasteiger partial charge is 0.464 e. The van der Waals surface area contributed by atoms with Crippen molar-refractivity contribution in [3.05, 3.63) is 35.4 Å². The van der Waals surface area contributed by atoms with Crippen LogP contribution in [0.4, 0.5) is 4.79 Å². The van der Waals surface area contributed by atoms with Crippen molar-refractivity contribution in [1.29, 1.82) is 0 Å². The monoisotopic (exact) mass is 303 g/mol. The molecule has 0 spiro atoms. The van der Waals surface area contributed by atoms with Gasteiger partial charge in [0.1, 0.15) is 6.61 Å². The second-order valence-corrected chi connectivity index (χ2v) is 5.37. The molecule has 1 N–H and O–H groups in total. The van der Waals surface area contributed by atoms with Crippen molar-refractivity contribution >= 4 is 17.7 Å². The van der Waals surface area contributed by atoms with E-state index in [1.807, 2.05) is 31.2 Å². The van der Waals surface area contributed by atoms with Crippen LogP contribution in [0.1, 0.15) is 11.1 Å². The van der Waals surface area contributed by atoms with Gasteiger partial charge in [-0.3, -0.25) is 4.79 Å². The molecule has 1 aromatic carbocycles. The van der Waals surface area contributed by atoms with Crippen molar-refractivity contribution in [2.24, 2.45) is 5.10 Å². The minimum atomic E-state index is -1.12. The molecular formula is C15H17N3O4. The maximum absolute atomic E-state index is 12.1. The SMILES string of the molecule is Cc1ccc(C2=NN(C(=O)O)CC2N2CCOCC2=O)cc1. The molecule has 7 nitrogen and oxygen atoms in total. The molecule has 2 heterocycles. The topological polar surface area (TPSA) is 82.4 Å². The maximum Gasteiger partial charge on any atom is 0.428 e. The predicted molar refractivity (Wildman–Crippen MR) is 78.8 cm³/mol. The summed E-state index contributed by atoms with van der Waals surface area (Å²) in [5.74, 6) is -0.136. The molecule has 1 saturated heterocycles. The van der Waals surface area contributed by atoms with Crippen LogP contribution in [-0.2, 0) is 9.53 Å². The van der Waals surface area contributed by atoms with E-state index in [2.05, 4.69) is 5.10 Å². The van der Waals surface area contributed by atoms with Crippen LogP contribution in [-0.4, -0.2) is 65.1 Å². The summed E-state index contributed by atoms with van der Waals surface area (Å²) in [5, 5.41) is 14.4. The van der Waals surface area contributed by atoms with Gasteiger partial charge in [-0.2, -0.15) is 10.1 Å². The zero-order chi connectivity index (χ0) is 15.7. The molecule has 0 radical (unpaired) electrons. The number of rotatable bonds is 2. The molecule has 116 valence electrons. The Hall–Kier alpha value is -2.41. The quantitative estimate of drug-likeness (QED) is 0.880. The lowest BCUT2D eigenvalue weighted by Crippen LogP contribution is -2.52. The van der Waals surface area contributed by atoms with Gasteiger partial charge in [0.15, 0.2) is 0 Å². The Bertz CT molecular complexity index is 626. The summed E-state index contributed by atoms with van der Waals surface area (Å²) in [4.78, 5) is 25.0. The van der Waals surface area contributed by atoms with Crippen LogP contribution in [0, 0.1) is 6.92 Å². The molecule has 2 aliphatic rings. The number of hydrazone groups is 1. The van der Waals surface area contributed by atoms with Crippen molar-refractivity contribution in [2.45, 2.75) is 13.0 Å². The highest BCUT2D eigenvalue weighted by atomic mass is 16.5. The van der Waals surface area contributed by atoms with Gasteiger partial charge in [-0.05, 0) is 12.5 Å². The fourth-order valence-electron chi connectivity index (χ4n) is 2.69. The molecule has 22 heavy (non-hydrogen) atoms. The minimum Gasteiger partial charge on any atom is -0.464 e. The normalized spacial score (nSPS) is 22.0. The third kappa shape index (κ3) is 2.67. The molecule has 0 aliphatic carbocycles. The molecule has 1 fully saturated rings. The van der Waals surface area contributed by atoms with Gasteiger partial charge in [-0.15, -0.1) is 0 Å². The van der Waals surface area contributed by atoms with E-state index in [0.29, 0.717) is 18.9 Å². The van der Waals surface area contributed by atoms with Crippen LogP contribution in [0.3, 0.4) is 0 Å². The average Bonchev–Trinajstić information content (AvgIpc) is 2.94. The summed E-state index contributed by atoms with van der Waals surface area (Å²) in [6.45, 7) is 3.07. The van der Waals surface area contributed by atoms with Crippen LogP contribution in [0.5, 0.6) is 0 Å². The van der Waals surface area contributed by atoms with E-state index >= 15 is 0 Å². The van der Waals surface area contributed by atoms with Crippen molar-refractivity contribution in [2.75, 3.05) is 26.3 Å². The Morgan fingerprint density at radius 2 is 2.09 bits per heavy atom. The molecule has 1 atom stereocenters. The predicted octanol–water partition coefficient (Wildman–Crippen LogP) is 0.920. The molecule has 7 heteroatoms. The molecule has 3 rings (SSSR count). The van der Waals surface area contributed by atoms with E-state index in [4.69, 9.17) is 4.74 Å². The van der Waals surface area contributed by atoms with E-state index < -0.39 is 6.09 Å². The van der Waals surface area contributed by atoms with Crippen LogP contribution >= 0.6 is 0 Å². The van der Waals surface area contributed by atoms with Gasteiger partial charge in [-0.1, -0.05) is 29.8 Å². The molecule has 1 unspecified atom stereocenters. The lowest BCUT2D eigenvalue weighted by Gasteiger charge is -2.32. The molecule has 0 aromatic heterocycles. The number of amides is 2. The number of nitrogens with zero attached hydrogens (tertiary/aromatic N) is 3. The first-order chi connectivity index (χ1) is 10.6. The summed E-state index contributed by atoms with van der Waals surface area (Å²) in [6, 6.07) is 7.32. The third-order valence-corrected chi connectivity index (χ3v) is 3.86. The lowest BCUT2D eigenvalue weighted by molar-refractivity contribution is -0.144. The fraction of sp³-hybridized carbons (Fsp3) is 0.400. The maximum atomic E-state index is 12.1. The summed E-state index contributed by atoms with van der Waals surface area (Å²) in [5.41, 5.74) is 2.55. The number of carbonyl (C=O) groups is 2. The zero-order valence-electron chi connectivity index (χ0n) is 12.2. The molecule has 1 aromatic rings. The number of hydrogen-bond donors (Lipinski definition) is 1. The molecule has 2 amide bonds. The van der Waals surface area contributed by atoms with Gasteiger partial charge in [0.05, 0.1) is 24.9 Å². The smallest absolute Gasteiger partial charge is 0.428 e. The van der Waals surface area contributed by atoms with Gasteiger partial charge < -0.3 is 14.7 Å². The molecule has 0 bridgehead atoms. The minimum absolute atomic E-state index is 0.0325. The van der Waals surface area contributed by atoms with Gasteiger partial charge in [0.25, 0.3) is 0 Å². The van der Waals surface area contributed by atoms with Crippen LogP contribution < -0.4 is 0 Å². The lowest BCUT2D eigenvalue weighted by atomic mass is 10.0. The number of ether oxygens (including phenoxy) is 1. The van der Waals surface area contributed by atoms with E-state index in [0.717, 1.165) is 16.1 Å². The van der Waals surface area contributed by atoms with Crippen molar-refractivity contribution in [1.82, 2.24) is 9.91 Å². The van der Waals surface area contributed by atoms with Crippen molar-refractivity contribution in [3.63, 3.8) is 0 Å². The average molecular weight is 303 g/mol. The number of morpholine rings is 1. The first kappa shape index (κ1) is 14.5.